The molecule has 0 bridgehead atoms. The van der Waals surface area contributed by atoms with Gasteiger partial charge in [0.05, 0.1) is 53.5 Å². The molecule has 0 fully saturated rings. The van der Waals surface area contributed by atoms with Gasteiger partial charge in [-0.1, -0.05) is 0 Å². The highest BCUT2D eigenvalue weighted by Crippen LogP contribution is 2.10. The monoisotopic (exact) mass is 408 g/mol. The highest BCUT2D eigenvalue weighted by Gasteiger charge is 2.25. The third-order valence-electron chi connectivity index (χ3n) is 6.14. The number of carbonyl (C=O) groups excluding carboxylic acids is 1. The van der Waals surface area contributed by atoms with E-state index >= 15 is 0 Å². The van der Waals surface area contributed by atoms with E-state index in [1.807, 2.05) is 0 Å². The van der Waals surface area contributed by atoms with Gasteiger partial charge < -0.3 is 33.4 Å². The van der Waals surface area contributed by atoms with Crippen LogP contribution in [-0.2, 0) is 9.47 Å². The minimum absolute atomic E-state index is 0.611. The van der Waals surface area contributed by atoms with Gasteiger partial charge in [-0.15, -0.1) is 0 Å². The highest BCUT2D eigenvalue weighted by molar-refractivity contribution is 5.47. The third kappa shape index (κ3) is 15.1. The molecule has 0 amide bonds. The maximum atomic E-state index is 8.33. The van der Waals surface area contributed by atoms with E-state index in [1.54, 1.807) is 0 Å². The first kappa shape index (κ1) is 31.8. The van der Waals surface area contributed by atoms with E-state index in [4.69, 9.17) is 24.5 Å². The average Bonchev–Trinajstić information content (AvgIpc) is 2.68. The number of rotatable bonds is 12. The van der Waals surface area contributed by atoms with Crippen LogP contribution in [0.3, 0.4) is 0 Å². The minimum atomic E-state index is -2.33. The molecule has 7 heteroatoms. The molecule has 0 aromatic rings. The van der Waals surface area contributed by atoms with Crippen molar-refractivity contribution in [3.05, 3.63) is 0 Å². The molecular formula is C21H48N2O5. The summed E-state index contributed by atoms with van der Waals surface area (Å²) < 4.78 is 13.1. The Morgan fingerprint density at radius 2 is 0.929 bits per heavy atom. The lowest BCUT2D eigenvalue weighted by molar-refractivity contribution is -0.928. The fourth-order valence-corrected chi connectivity index (χ4v) is 2.63. The summed E-state index contributed by atoms with van der Waals surface area (Å²) in [7, 11) is 4.59. The van der Waals surface area contributed by atoms with E-state index < -0.39 is 6.16 Å². The quantitative estimate of drug-likeness (QED) is 0.455. The molecule has 7 nitrogen and oxygen atoms in total. The van der Waals surface area contributed by atoms with Crippen LogP contribution in [0.25, 0.3) is 0 Å². The number of hydrogen-bond donors (Lipinski definition) is 0. The van der Waals surface area contributed by atoms with Gasteiger partial charge in [0.25, 0.3) is 0 Å². The number of carboxylic acid groups (broad SMARTS) is 2. The van der Waals surface area contributed by atoms with Gasteiger partial charge in [-0.05, 0) is 61.5 Å². The first-order chi connectivity index (χ1) is 12.9. The van der Waals surface area contributed by atoms with Crippen molar-refractivity contribution in [2.75, 3.05) is 66.7 Å². The van der Waals surface area contributed by atoms with Crippen LogP contribution in [0.15, 0.2) is 0 Å². The van der Waals surface area contributed by atoms with E-state index in [0.29, 0.717) is 12.1 Å². The van der Waals surface area contributed by atoms with Gasteiger partial charge in [-0.2, -0.15) is 0 Å². The first-order valence-corrected chi connectivity index (χ1v) is 10.7. The summed E-state index contributed by atoms with van der Waals surface area (Å²) in [5.41, 5.74) is 0. The van der Waals surface area contributed by atoms with Crippen LogP contribution in [0.5, 0.6) is 0 Å². The molecular weight excluding hydrogens is 360 g/mol. The van der Waals surface area contributed by atoms with Gasteiger partial charge >= 0.3 is 0 Å². The average molecular weight is 409 g/mol. The van der Waals surface area contributed by atoms with Gasteiger partial charge in [0, 0.05) is 13.2 Å². The standard InChI is InChI=1S/2C10H24NO.CH2O3/c2*1-6-11(5,7-2)10(4)9-12-8-3;2-1(3)4/h2*10H,6-9H2,1-5H3;(H2,2,3,4)/q2*+1;/p-2. The normalized spacial score (nSPS) is 13.5. The van der Waals surface area contributed by atoms with Crippen molar-refractivity contribution in [3.8, 4) is 0 Å². The molecule has 2 unspecified atom stereocenters. The van der Waals surface area contributed by atoms with Crippen LogP contribution >= 0.6 is 0 Å². The van der Waals surface area contributed by atoms with E-state index in [0.717, 1.165) is 35.4 Å². The second-order valence-corrected chi connectivity index (χ2v) is 7.49. The lowest BCUT2D eigenvalue weighted by atomic mass is 10.2. The molecule has 0 aromatic heterocycles. The van der Waals surface area contributed by atoms with Crippen LogP contribution in [0.1, 0.15) is 55.4 Å². The number of hydrogen-bond acceptors (Lipinski definition) is 5. The summed E-state index contributed by atoms with van der Waals surface area (Å²) in [6, 6.07) is 1.22. The summed E-state index contributed by atoms with van der Waals surface area (Å²) >= 11 is 0. The van der Waals surface area contributed by atoms with Crippen molar-refractivity contribution in [2.24, 2.45) is 0 Å². The predicted octanol–water partition coefficient (Wildman–Crippen LogP) is 1.35. The molecule has 172 valence electrons. The van der Waals surface area contributed by atoms with Crippen molar-refractivity contribution in [2.45, 2.75) is 67.5 Å². The van der Waals surface area contributed by atoms with E-state index in [1.165, 1.54) is 26.2 Å². The number of carbonyl (C=O) groups is 1. The summed E-state index contributed by atoms with van der Waals surface area (Å²) in [4.78, 5) is 8.33. The number of quaternary nitrogens is 2. The molecule has 0 saturated carbocycles. The molecule has 2 atom stereocenters. The number of likely N-dealkylation sites (N-methyl/N-ethyl adjacent to an activating group) is 2. The molecule has 0 heterocycles. The fraction of sp³-hybridized carbons (Fsp3) is 0.952. The van der Waals surface area contributed by atoms with Crippen LogP contribution in [0, 0.1) is 0 Å². The van der Waals surface area contributed by atoms with Crippen LogP contribution in [-0.4, -0.2) is 93.9 Å². The lowest BCUT2D eigenvalue weighted by Crippen LogP contribution is -2.52. The van der Waals surface area contributed by atoms with E-state index in [9.17, 15) is 0 Å². The molecule has 28 heavy (non-hydrogen) atoms. The van der Waals surface area contributed by atoms with Crippen molar-refractivity contribution < 1.29 is 33.4 Å². The van der Waals surface area contributed by atoms with Gasteiger partial charge in [0.1, 0.15) is 12.1 Å². The molecule has 0 saturated heterocycles. The zero-order chi connectivity index (χ0) is 22.8. The van der Waals surface area contributed by atoms with E-state index in [-0.39, 0.29) is 0 Å². The fourth-order valence-electron chi connectivity index (χ4n) is 2.63. The topological polar surface area (TPSA) is 81.7 Å². The van der Waals surface area contributed by atoms with E-state index in [2.05, 4.69) is 69.5 Å². The predicted molar refractivity (Wildman–Crippen MR) is 112 cm³/mol. The largest absolute Gasteiger partial charge is 0.652 e. The lowest BCUT2D eigenvalue weighted by Gasteiger charge is -2.38. The smallest absolute Gasteiger partial charge is 0.110 e. The van der Waals surface area contributed by atoms with Crippen molar-refractivity contribution in [1.29, 1.82) is 0 Å². The van der Waals surface area contributed by atoms with Crippen molar-refractivity contribution in [1.82, 2.24) is 0 Å². The Kier molecular flexibility index (Phi) is 20.6. The van der Waals surface area contributed by atoms with Crippen LogP contribution in [0.2, 0.25) is 0 Å². The highest BCUT2D eigenvalue weighted by atomic mass is 16.6. The Morgan fingerprint density at radius 3 is 1.07 bits per heavy atom. The molecule has 0 N–H and O–H groups in total. The molecule has 0 spiro atoms. The number of nitrogens with zero attached hydrogens (tertiary/aromatic N) is 2. The summed E-state index contributed by atoms with van der Waals surface area (Å²) in [5.74, 6) is 0. The van der Waals surface area contributed by atoms with Crippen LogP contribution in [0.4, 0.5) is 4.79 Å². The van der Waals surface area contributed by atoms with Crippen molar-refractivity contribution in [3.63, 3.8) is 0 Å². The zero-order valence-electron chi connectivity index (χ0n) is 20.2. The zero-order valence-corrected chi connectivity index (χ0v) is 20.2. The molecule has 0 rings (SSSR count). The molecule has 0 aromatic carbocycles. The SMILES string of the molecule is CCOCC(C)[N+](C)(CC)CC.CCOCC(C)[N+](C)(CC)CC.O=C([O-])[O-]. The second-order valence-electron chi connectivity index (χ2n) is 7.49. The summed E-state index contributed by atoms with van der Waals surface area (Å²) in [6.07, 6.45) is -2.33. The molecule has 0 radical (unpaired) electrons. The van der Waals surface area contributed by atoms with Gasteiger partial charge in [-0.25, -0.2) is 0 Å². The number of ether oxygens (including phenoxy) is 2. The summed E-state index contributed by atoms with van der Waals surface area (Å²) in [6.45, 7) is 25.8. The molecule has 0 aliphatic rings. The van der Waals surface area contributed by atoms with Crippen LogP contribution < -0.4 is 10.2 Å². The third-order valence-corrected chi connectivity index (χ3v) is 6.14. The van der Waals surface area contributed by atoms with Crippen molar-refractivity contribution >= 4 is 6.16 Å². The first-order valence-electron chi connectivity index (χ1n) is 10.7. The second kappa shape index (κ2) is 18.2. The Hall–Kier alpha value is -0.890. The Bertz CT molecular complexity index is 327. The van der Waals surface area contributed by atoms with Gasteiger partial charge in [0.15, 0.2) is 0 Å². The molecule has 0 aliphatic heterocycles. The minimum Gasteiger partial charge on any atom is -0.652 e. The van der Waals surface area contributed by atoms with Gasteiger partial charge in [0.2, 0.25) is 0 Å². The molecule has 0 aliphatic carbocycles. The van der Waals surface area contributed by atoms with Gasteiger partial charge in [-0.3, -0.25) is 0 Å². The maximum Gasteiger partial charge on any atom is 0.110 e. The maximum absolute atomic E-state index is 8.33. The Morgan fingerprint density at radius 1 is 0.714 bits per heavy atom. The Labute approximate surface area is 174 Å². The summed E-state index contributed by atoms with van der Waals surface area (Å²) in [5, 5.41) is 16.7. The Balaban J connectivity index is -0.000000375.